The number of nitrogens with one attached hydrogen (secondary N) is 1. The summed E-state index contributed by atoms with van der Waals surface area (Å²) in [7, 11) is 3.78. The van der Waals surface area contributed by atoms with Crippen molar-refractivity contribution in [2.24, 2.45) is 7.05 Å². The Morgan fingerprint density at radius 1 is 1.56 bits per heavy atom. The van der Waals surface area contributed by atoms with Gasteiger partial charge in [0, 0.05) is 45.6 Å². The average Bonchev–Trinajstić information content (AvgIpc) is 2.68. The van der Waals surface area contributed by atoms with Crippen molar-refractivity contribution in [1.29, 1.82) is 0 Å². The van der Waals surface area contributed by atoms with Gasteiger partial charge >= 0.3 is 0 Å². The van der Waals surface area contributed by atoms with Crippen molar-refractivity contribution in [3.63, 3.8) is 0 Å². The molecule has 1 aromatic rings. The number of hydrogen-bond acceptors (Lipinski definition) is 3. The first kappa shape index (κ1) is 13.2. The molecular weight excluding hydrogens is 202 g/mol. The van der Waals surface area contributed by atoms with E-state index < -0.39 is 0 Å². The van der Waals surface area contributed by atoms with Crippen molar-refractivity contribution in [2.45, 2.75) is 32.2 Å². The van der Waals surface area contributed by atoms with E-state index in [-0.39, 0.29) is 0 Å². The number of rotatable bonds is 8. The van der Waals surface area contributed by atoms with E-state index in [1.807, 2.05) is 19.4 Å². The molecule has 0 saturated heterocycles. The molecule has 0 radical (unpaired) electrons. The van der Waals surface area contributed by atoms with E-state index >= 15 is 0 Å². The second-order valence-electron chi connectivity index (χ2n) is 4.09. The van der Waals surface area contributed by atoms with E-state index in [9.17, 15) is 0 Å². The van der Waals surface area contributed by atoms with Gasteiger partial charge in [0.1, 0.15) is 5.82 Å². The first-order valence-corrected chi connectivity index (χ1v) is 5.96. The van der Waals surface area contributed by atoms with Crippen molar-refractivity contribution in [3.8, 4) is 0 Å². The monoisotopic (exact) mass is 225 g/mol. The smallest absolute Gasteiger partial charge is 0.109 e. The topological polar surface area (TPSA) is 39.1 Å². The molecule has 92 valence electrons. The molecule has 0 fully saturated rings. The summed E-state index contributed by atoms with van der Waals surface area (Å²) in [6.07, 6.45) is 6.99. The molecule has 0 amide bonds. The Balaban J connectivity index is 2.45. The Kier molecular flexibility index (Phi) is 6.11. The predicted molar refractivity (Wildman–Crippen MR) is 65.5 cm³/mol. The highest BCUT2D eigenvalue weighted by Crippen LogP contribution is 2.03. The van der Waals surface area contributed by atoms with Gasteiger partial charge in [0.2, 0.25) is 0 Å². The van der Waals surface area contributed by atoms with Gasteiger partial charge in [0.15, 0.2) is 0 Å². The SMILES string of the molecule is CCCNC(CCOC)Cc1nccn1C. The predicted octanol–water partition coefficient (Wildman–Crippen LogP) is 1.37. The van der Waals surface area contributed by atoms with Crippen molar-refractivity contribution in [3.05, 3.63) is 18.2 Å². The molecule has 0 spiro atoms. The van der Waals surface area contributed by atoms with Crippen molar-refractivity contribution >= 4 is 0 Å². The van der Waals surface area contributed by atoms with Gasteiger partial charge in [-0.1, -0.05) is 6.92 Å². The lowest BCUT2D eigenvalue weighted by molar-refractivity contribution is 0.182. The minimum atomic E-state index is 0.459. The third-order valence-corrected chi connectivity index (χ3v) is 2.70. The number of ether oxygens (including phenoxy) is 1. The van der Waals surface area contributed by atoms with E-state index in [0.717, 1.165) is 38.2 Å². The molecule has 16 heavy (non-hydrogen) atoms. The summed E-state index contributed by atoms with van der Waals surface area (Å²) in [6, 6.07) is 0.459. The molecule has 4 nitrogen and oxygen atoms in total. The molecule has 0 aliphatic carbocycles. The van der Waals surface area contributed by atoms with Crippen LogP contribution in [0.25, 0.3) is 0 Å². The zero-order chi connectivity index (χ0) is 11.8. The molecule has 1 aromatic heterocycles. The maximum atomic E-state index is 5.13. The molecule has 1 unspecified atom stereocenters. The second-order valence-corrected chi connectivity index (χ2v) is 4.09. The molecule has 0 aliphatic rings. The number of hydrogen-bond donors (Lipinski definition) is 1. The number of imidazole rings is 1. The van der Waals surface area contributed by atoms with Crippen LogP contribution < -0.4 is 5.32 Å². The van der Waals surface area contributed by atoms with Crippen LogP contribution in [0.4, 0.5) is 0 Å². The molecule has 1 N–H and O–H groups in total. The fourth-order valence-corrected chi connectivity index (χ4v) is 1.70. The second kappa shape index (κ2) is 7.41. The van der Waals surface area contributed by atoms with Gasteiger partial charge < -0.3 is 14.6 Å². The normalized spacial score (nSPS) is 12.9. The molecule has 1 rings (SSSR count). The Bertz CT molecular complexity index is 278. The zero-order valence-corrected chi connectivity index (χ0v) is 10.6. The molecule has 4 heteroatoms. The van der Waals surface area contributed by atoms with Crippen LogP contribution >= 0.6 is 0 Å². The maximum absolute atomic E-state index is 5.13. The lowest BCUT2D eigenvalue weighted by atomic mass is 10.1. The zero-order valence-electron chi connectivity index (χ0n) is 10.6. The third-order valence-electron chi connectivity index (χ3n) is 2.70. The fourth-order valence-electron chi connectivity index (χ4n) is 1.70. The molecule has 0 bridgehead atoms. The van der Waals surface area contributed by atoms with Gasteiger partial charge in [-0.3, -0.25) is 0 Å². The standard InChI is InChI=1S/C12H23N3O/c1-4-6-13-11(5-9-16-3)10-12-14-7-8-15(12)2/h7-8,11,13H,4-6,9-10H2,1-3H3. The molecule has 1 heterocycles. The summed E-state index contributed by atoms with van der Waals surface area (Å²) in [4.78, 5) is 4.35. The van der Waals surface area contributed by atoms with E-state index in [2.05, 4.69) is 21.8 Å². The number of nitrogens with zero attached hydrogens (tertiary/aromatic N) is 2. The minimum Gasteiger partial charge on any atom is -0.385 e. The molecule has 0 aliphatic heterocycles. The molecule has 0 saturated carbocycles. The van der Waals surface area contributed by atoms with E-state index in [0.29, 0.717) is 6.04 Å². The Hall–Kier alpha value is -0.870. The van der Waals surface area contributed by atoms with Gasteiger partial charge in [0.25, 0.3) is 0 Å². The summed E-state index contributed by atoms with van der Waals surface area (Å²) >= 11 is 0. The Morgan fingerprint density at radius 3 is 2.94 bits per heavy atom. The van der Waals surface area contributed by atoms with Crippen LogP contribution in [0.3, 0.4) is 0 Å². The van der Waals surface area contributed by atoms with Crippen LogP contribution in [0.2, 0.25) is 0 Å². The van der Waals surface area contributed by atoms with Gasteiger partial charge in [0.05, 0.1) is 0 Å². The quantitative estimate of drug-likeness (QED) is 0.726. The van der Waals surface area contributed by atoms with Crippen LogP contribution in [0.15, 0.2) is 12.4 Å². The third kappa shape index (κ3) is 4.33. The first-order chi connectivity index (χ1) is 7.77. The van der Waals surface area contributed by atoms with Gasteiger partial charge in [-0.25, -0.2) is 4.98 Å². The minimum absolute atomic E-state index is 0.459. The number of methoxy groups -OCH3 is 1. The highest BCUT2D eigenvalue weighted by molar-refractivity contribution is 4.94. The van der Waals surface area contributed by atoms with Crippen LogP contribution in [0.1, 0.15) is 25.6 Å². The summed E-state index contributed by atoms with van der Waals surface area (Å²) in [6.45, 7) is 4.03. The van der Waals surface area contributed by atoms with Crippen LogP contribution in [0, 0.1) is 0 Å². The van der Waals surface area contributed by atoms with Gasteiger partial charge in [-0.2, -0.15) is 0 Å². The summed E-state index contributed by atoms with van der Waals surface area (Å²) in [5.41, 5.74) is 0. The Morgan fingerprint density at radius 2 is 2.38 bits per heavy atom. The fraction of sp³-hybridized carbons (Fsp3) is 0.750. The van der Waals surface area contributed by atoms with E-state index in [1.165, 1.54) is 0 Å². The van der Waals surface area contributed by atoms with Crippen LogP contribution in [0.5, 0.6) is 0 Å². The Labute approximate surface area is 98.0 Å². The van der Waals surface area contributed by atoms with Crippen LogP contribution in [-0.4, -0.2) is 35.9 Å². The van der Waals surface area contributed by atoms with E-state index in [1.54, 1.807) is 7.11 Å². The van der Waals surface area contributed by atoms with Gasteiger partial charge in [-0.15, -0.1) is 0 Å². The number of aromatic nitrogens is 2. The largest absolute Gasteiger partial charge is 0.385 e. The van der Waals surface area contributed by atoms with Crippen molar-refractivity contribution in [2.75, 3.05) is 20.3 Å². The average molecular weight is 225 g/mol. The number of aryl methyl sites for hydroxylation is 1. The maximum Gasteiger partial charge on any atom is 0.109 e. The van der Waals surface area contributed by atoms with Gasteiger partial charge in [-0.05, 0) is 19.4 Å². The highest BCUT2D eigenvalue weighted by Gasteiger charge is 2.11. The lowest BCUT2D eigenvalue weighted by Crippen LogP contribution is -2.33. The first-order valence-electron chi connectivity index (χ1n) is 5.96. The van der Waals surface area contributed by atoms with Crippen molar-refractivity contribution in [1.82, 2.24) is 14.9 Å². The summed E-state index contributed by atoms with van der Waals surface area (Å²) in [5, 5.41) is 3.54. The highest BCUT2D eigenvalue weighted by atomic mass is 16.5. The van der Waals surface area contributed by atoms with E-state index in [4.69, 9.17) is 4.74 Å². The summed E-state index contributed by atoms with van der Waals surface area (Å²) < 4.78 is 7.21. The lowest BCUT2D eigenvalue weighted by Gasteiger charge is -2.17. The van der Waals surface area contributed by atoms with Crippen molar-refractivity contribution < 1.29 is 4.74 Å². The molecule has 1 atom stereocenters. The molecule has 0 aromatic carbocycles. The molecular formula is C12H23N3O. The van der Waals surface area contributed by atoms with Crippen LogP contribution in [-0.2, 0) is 18.2 Å². The summed E-state index contributed by atoms with van der Waals surface area (Å²) in [5.74, 6) is 1.13.